The van der Waals surface area contributed by atoms with Crippen LogP contribution in [0.2, 0.25) is 0 Å². The fourth-order valence-corrected chi connectivity index (χ4v) is 2.01. The van der Waals surface area contributed by atoms with E-state index in [0.717, 1.165) is 43.8 Å². The van der Waals surface area contributed by atoms with Crippen LogP contribution >= 0.6 is 0 Å². The summed E-state index contributed by atoms with van der Waals surface area (Å²) in [5.74, 6) is 0. The van der Waals surface area contributed by atoms with Gasteiger partial charge in [-0.05, 0) is 31.4 Å². The normalized spacial score (nSPS) is 19.1. The van der Waals surface area contributed by atoms with Crippen LogP contribution in [0, 0.1) is 0 Å². The van der Waals surface area contributed by atoms with Gasteiger partial charge < -0.3 is 14.8 Å². The Bertz CT molecular complexity index is 351. The fraction of sp³-hybridized carbons (Fsp3) is 0.643. The first-order chi connectivity index (χ1) is 8.88. The molecule has 100 valence electrons. The average Bonchev–Trinajstić information content (AvgIpc) is 2.90. The van der Waals surface area contributed by atoms with Crippen LogP contribution in [0.25, 0.3) is 0 Å². The number of nitrogens with zero attached hydrogens (tertiary/aromatic N) is 1. The molecule has 0 radical (unpaired) electrons. The van der Waals surface area contributed by atoms with Gasteiger partial charge in [0.25, 0.3) is 0 Å². The summed E-state index contributed by atoms with van der Waals surface area (Å²) < 4.78 is 11.2. The highest BCUT2D eigenvalue weighted by Crippen LogP contribution is 2.13. The van der Waals surface area contributed by atoms with Crippen molar-refractivity contribution in [1.29, 1.82) is 0 Å². The molecule has 1 aliphatic rings. The maximum absolute atomic E-state index is 5.65. The molecule has 4 heteroatoms. The minimum absolute atomic E-state index is 0.284. The van der Waals surface area contributed by atoms with Crippen molar-refractivity contribution in [2.75, 3.05) is 25.1 Å². The second-order valence-corrected chi connectivity index (χ2v) is 4.61. The second kappa shape index (κ2) is 7.34. The van der Waals surface area contributed by atoms with Crippen molar-refractivity contribution < 1.29 is 9.47 Å². The summed E-state index contributed by atoms with van der Waals surface area (Å²) in [6.45, 7) is 5.25. The van der Waals surface area contributed by atoms with Crippen molar-refractivity contribution in [3.05, 3.63) is 24.0 Å². The number of pyridine rings is 1. The largest absolute Gasteiger partial charge is 0.385 e. The highest BCUT2D eigenvalue weighted by Gasteiger charge is 2.15. The monoisotopic (exact) mass is 250 g/mol. The molecular formula is C14H22N2O2. The average molecular weight is 250 g/mol. The minimum atomic E-state index is 0.284. The van der Waals surface area contributed by atoms with Crippen LogP contribution in [0.15, 0.2) is 18.3 Å². The van der Waals surface area contributed by atoms with E-state index >= 15 is 0 Å². The van der Waals surface area contributed by atoms with Gasteiger partial charge in [-0.2, -0.15) is 0 Å². The molecule has 1 unspecified atom stereocenters. The number of hydrogen-bond acceptors (Lipinski definition) is 4. The lowest BCUT2D eigenvalue weighted by molar-refractivity contribution is 0.00967. The zero-order chi connectivity index (χ0) is 12.6. The first kappa shape index (κ1) is 13.3. The highest BCUT2D eigenvalue weighted by atomic mass is 16.5. The molecule has 0 spiro atoms. The molecule has 0 amide bonds. The van der Waals surface area contributed by atoms with Gasteiger partial charge in [0.05, 0.1) is 25.0 Å². The zero-order valence-corrected chi connectivity index (χ0v) is 11.0. The van der Waals surface area contributed by atoms with Gasteiger partial charge in [0, 0.05) is 25.0 Å². The van der Waals surface area contributed by atoms with Crippen LogP contribution in [0.3, 0.4) is 0 Å². The van der Waals surface area contributed by atoms with Crippen molar-refractivity contribution in [3.63, 3.8) is 0 Å². The van der Waals surface area contributed by atoms with Crippen molar-refractivity contribution in [1.82, 2.24) is 4.98 Å². The summed E-state index contributed by atoms with van der Waals surface area (Å²) in [7, 11) is 0. The molecule has 1 aromatic rings. The van der Waals surface area contributed by atoms with Gasteiger partial charge in [0.2, 0.25) is 0 Å². The van der Waals surface area contributed by atoms with Crippen molar-refractivity contribution >= 4 is 5.69 Å². The van der Waals surface area contributed by atoms with Crippen LogP contribution < -0.4 is 5.32 Å². The summed E-state index contributed by atoms with van der Waals surface area (Å²) >= 11 is 0. The molecule has 4 nitrogen and oxygen atoms in total. The van der Waals surface area contributed by atoms with Gasteiger partial charge in [0.15, 0.2) is 0 Å². The molecule has 0 aromatic carbocycles. The molecule has 1 aromatic heterocycles. The van der Waals surface area contributed by atoms with E-state index in [0.29, 0.717) is 13.2 Å². The Balaban J connectivity index is 1.74. The maximum atomic E-state index is 5.65. The summed E-state index contributed by atoms with van der Waals surface area (Å²) in [5, 5.41) is 3.35. The zero-order valence-electron chi connectivity index (χ0n) is 11.0. The highest BCUT2D eigenvalue weighted by molar-refractivity contribution is 5.42. The molecule has 0 bridgehead atoms. The Labute approximate surface area is 109 Å². The summed E-state index contributed by atoms with van der Waals surface area (Å²) in [5.41, 5.74) is 2.08. The van der Waals surface area contributed by atoms with Gasteiger partial charge in [-0.25, -0.2) is 0 Å². The summed E-state index contributed by atoms with van der Waals surface area (Å²) in [4.78, 5) is 4.31. The van der Waals surface area contributed by atoms with E-state index in [2.05, 4.69) is 17.2 Å². The fourth-order valence-electron chi connectivity index (χ4n) is 2.01. The molecule has 1 N–H and O–H groups in total. The predicted octanol–water partition coefficient (Wildman–Crippen LogP) is 2.60. The molecule has 0 aliphatic carbocycles. The number of nitrogens with one attached hydrogen (secondary N) is 1. The summed E-state index contributed by atoms with van der Waals surface area (Å²) in [6, 6.07) is 4.03. The van der Waals surface area contributed by atoms with Crippen LogP contribution in [0.5, 0.6) is 0 Å². The van der Waals surface area contributed by atoms with E-state index in [1.54, 1.807) is 0 Å². The van der Waals surface area contributed by atoms with Crippen LogP contribution in [-0.4, -0.2) is 30.8 Å². The second-order valence-electron chi connectivity index (χ2n) is 4.61. The van der Waals surface area contributed by atoms with Gasteiger partial charge in [0.1, 0.15) is 0 Å². The lowest BCUT2D eigenvalue weighted by Crippen LogP contribution is -2.14. The van der Waals surface area contributed by atoms with Gasteiger partial charge >= 0.3 is 0 Å². The minimum Gasteiger partial charge on any atom is -0.385 e. The molecular weight excluding hydrogens is 228 g/mol. The Morgan fingerprint density at radius 3 is 3.28 bits per heavy atom. The number of ether oxygens (including phenoxy) is 2. The Morgan fingerprint density at radius 2 is 2.50 bits per heavy atom. The van der Waals surface area contributed by atoms with Crippen LogP contribution in [0.4, 0.5) is 5.69 Å². The molecule has 1 atom stereocenters. The molecule has 18 heavy (non-hydrogen) atoms. The van der Waals surface area contributed by atoms with Crippen molar-refractivity contribution in [2.24, 2.45) is 0 Å². The van der Waals surface area contributed by atoms with Crippen molar-refractivity contribution in [2.45, 2.75) is 38.9 Å². The summed E-state index contributed by atoms with van der Waals surface area (Å²) in [6.07, 6.45) is 5.50. The van der Waals surface area contributed by atoms with E-state index in [9.17, 15) is 0 Å². The van der Waals surface area contributed by atoms with Gasteiger partial charge in [-0.1, -0.05) is 6.92 Å². The third-order valence-corrected chi connectivity index (χ3v) is 2.97. The molecule has 1 fully saturated rings. The van der Waals surface area contributed by atoms with Crippen LogP contribution in [-0.2, 0) is 16.1 Å². The topological polar surface area (TPSA) is 43.4 Å². The Hall–Kier alpha value is -1.13. The molecule has 1 saturated heterocycles. The Kier molecular flexibility index (Phi) is 5.42. The van der Waals surface area contributed by atoms with Crippen molar-refractivity contribution in [3.8, 4) is 0 Å². The number of aromatic nitrogens is 1. The van der Waals surface area contributed by atoms with E-state index < -0.39 is 0 Å². The van der Waals surface area contributed by atoms with Gasteiger partial charge in [-0.3, -0.25) is 4.98 Å². The smallest absolute Gasteiger partial charge is 0.0889 e. The quantitative estimate of drug-likeness (QED) is 0.808. The molecule has 1 aliphatic heterocycles. The van der Waals surface area contributed by atoms with E-state index in [-0.39, 0.29) is 6.10 Å². The molecule has 2 heterocycles. The van der Waals surface area contributed by atoms with E-state index in [1.165, 1.54) is 0 Å². The lowest BCUT2D eigenvalue weighted by atomic mass is 10.2. The molecule has 2 rings (SSSR count). The molecule has 0 saturated carbocycles. The maximum Gasteiger partial charge on any atom is 0.0889 e. The number of hydrogen-bond donors (Lipinski definition) is 1. The van der Waals surface area contributed by atoms with E-state index in [1.807, 2.05) is 18.3 Å². The predicted molar refractivity (Wildman–Crippen MR) is 71.6 cm³/mol. The first-order valence-electron chi connectivity index (χ1n) is 6.76. The SMILES string of the molecule is CCCNc1ccnc(COCC2CCCO2)c1. The van der Waals surface area contributed by atoms with Crippen LogP contribution in [0.1, 0.15) is 31.9 Å². The Morgan fingerprint density at radius 1 is 1.56 bits per heavy atom. The number of anilines is 1. The third kappa shape index (κ3) is 4.27. The standard InChI is InChI=1S/C14H22N2O2/c1-2-6-15-12-5-7-16-13(9-12)10-17-11-14-4-3-8-18-14/h5,7,9,14H,2-4,6,8,10-11H2,1H3,(H,15,16). The first-order valence-corrected chi connectivity index (χ1v) is 6.76. The van der Waals surface area contributed by atoms with Gasteiger partial charge in [-0.15, -0.1) is 0 Å². The third-order valence-electron chi connectivity index (χ3n) is 2.97. The van der Waals surface area contributed by atoms with E-state index in [4.69, 9.17) is 9.47 Å². The lowest BCUT2D eigenvalue weighted by Gasteiger charge is -2.10. The number of rotatable bonds is 7.